The van der Waals surface area contributed by atoms with E-state index in [0.717, 1.165) is 12.8 Å². The van der Waals surface area contributed by atoms with Crippen LogP contribution in [0.5, 0.6) is 0 Å². The molecule has 0 spiro atoms. The van der Waals surface area contributed by atoms with E-state index >= 15 is 0 Å². The van der Waals surface area contributed by atoms with Crippen LogP contribution in [0.2, 0.25) is 0 Å². The van der Waals surface area contributed by atoms with Gasteiger partial charge in [-0.2, -0.15) is 0 Å². The van der Waals surface area contributed by atoms with Crippen molar-refractivity contribution in [2.45, 2.75) is 32.2 Å². The fourth-order valence-corrected chi connectivity index (χ4v) is 0.816. The predicted octanol–water partition coefficient (Wildman–Crippen LogP) is 0.427. The zero-order valence-electron chi connectivity index (χ0n) is 7.22. The zero-order valence-corrected chi connectivity index (χ0v) is 7.22. The van der Waals surface area contributed by atoms with Gasteiger partial charge in [-0.15, -0.1) is 0 Å². The van der Waals surface area contributed by atoms with E-state index in [4.69, 9.17) is 0 Å². The molecule has 0 saturated heterocycles. The lowest BCUT2D eigenvalue weighted by molar-refractivity contribution is -0.116. The molecule has 0 unspecified atom stereocenters. The number of ketones is 1. The Kier molecular flexibility index (Phi) is 3.08. The van der Waals surface area contributed by atoms with E-state index in [0.29, 0.717) is 19.0 Å². The van der Waals surface area contributed by atoms with Crippen LogP contribution in [-0.4, -0.2) is 24.4 Å². The summed E-state index contributed by atoms with van der Waals surface area (Å²) in [5, 5.41) is 5.38. The van der Waals surface area contributed by atoms with Crippen molar-refractivity contribution in [1.82, 2.24) is 10.6 Å². The van der Waals surface area contributed by atoms with Gasteiger partial charge in [0.15, 0.2) is 0 Å². The van der Waals surface area contributed by atoms with Crippen LogP contribution in [0.3, 0.4) is 0 Å². The number of nitrogens with one attached hydrogen (secondary N) is 2. The second-order valence-electron chi connectivity index (χ2n) is 3.13. The summed E-state index contributed by atoms with van der Waals surface area (Å²) >= 11 is 0. The third-order valence-corrected chi connectivity index (χ3v) is 1.68. The fourth-order valence-electron chi connectivity index (χ4n) is 0.816. The highest BCUT2D eigenvalue weighted by Crippen LogP contribution is 2.18. The van der Waals surface area contributed by atoms with E-state index in [1.165, 1.54) is 6.92 Å². The maximum atomic E-state index is 10.9. The largest absolute Gasteiger partial charge is 0.338 e. The summed E-state index contributed by atoms with van der Waals surface area (Å²) in [6.07, 6.45) is 2.58. The van der Waals surface area contributed by atoms with Crippen molar-refractivity contribution in [3.8, 4) is 0 Å². The molecule has 0 atom stereocenters. The number of rotatable bonds is 4. The van der Waals surface area contributed by atoms with Crippen LogP contribution < -0.4 is 10.6 Å². The van der Waals surface area contributed by atoms with Gasteiger partial charge in [0.2, 0.25) is 0 Å². The number of urea groups is 1. The lowest BCUT2D eigenvalue weighted by atomic mass is 10.3. The third kappa shape index (κ3) is 3.95. The van der Waals surface area contributed by atoms with Crippen LogP contribution in [0.4, 0.5) is 4.79 Å². The summed E-state index contributed by atoms with van der Waals surface area (Å²) in [4.78, 5) is 21.4. The maximum absolute atomic E-state index is 10.9. The molecular weight excluding hydrogens is 156 g/mol. The third-order valence-electron chi connectivity index (χ3n) is 1.68. The molecule has 0 bridgehead atoms. The fraction of sp³-hybridized carbons (Fsp3) is 0.750. The van der Waals surface area contributed by atoms with E-state index in [2.05, 4.69) is 10.6 Å². The minimum atomic E-state index is -0.154. The van der Waals surface area contributed by atoms with E-state index in [9.17, 15) is 9.59 Å². The average molecular weight is 170 g/mol. The molecule has 0 aliphatic heterocycles. The minimum absolute atomic E-state index is 0.0988. The highest BCUT2D eigenvalue weighted by molar-refractivity contribution is 5.78. The monoisotopic (exact) mass is 170 g/mol. The van der Waals surface area contributed by atoms with Crippen LogP contribution in [0.25, 0.3) is 0 Å². The van der Waals surface area contributed by atoms with E-state index in [1.54, 1.807) is 0 Å². The van der Waals surface area contributed by atoms with Gasteiger partial charge in [-0.05, 0) is 19.8 Å². The molecule has 0 aromatic rings. The topological polar surface area (TPSA) is 58.2 Å². The molecule has 0 heterocycles. The summed E-state index contributed by atoms with van der Waals surface area (Å²) in [7, 11) is 0. The Hall–Kier alpha value is -1.06. The molecule has 2 amide bonds. The highest BCUT2D eigenvalue weighted by Gasteiger charge is 2.22. The summed E-state index contributed by atoms with van der Waals surface area (Å²) in [5.74, 6) is 0.0988. The standard InChI is InChI=1S/C8H14N2O2/c1-6(11)4-5-9-8(12)10-7-2-3-7/h7H,2-5H2,1H3,(H2,9,10,12). The molecule has 2 N–H and O–H groups in total. The first-order valence-corrected chi connectivity index (χ1v) is 4.22. The van der Waals surface area contributed by atoms with Crippen molar-refractivity contribution in [1.29, 1.82) is 0 Å². The zero-order chi connectivity index (χ0) is 8.97. The van der Waals surface area contributed by atoms with Crippen LogP contribution in [0.1, 0.15) is 26.2 Å². The molecule has 4 nitrogen and oxygen atoms in total. The summed E-state index contributed by atoms with van der Waals surface area (Å²) in [5.41, 5.74) is 0. The Balaban J connectivity index is 1.97. The van der Waals surface area contributed by atoms with Crippen molar-refractivity contribution >= 4 is 11.8 Å². The first kappa shape index (κ1) is 9.03. The van der Waals surface area contributed by atoms with Crippen LogP contribution in [0, 0.1) is 0 Å². The molecule has 4 heteroatoms. The quantitative estimate of drug-likeness (QED) is 0.642. The van der Waals surface area contributed by atoms with E-state index in [-0.39, 0.29) is 11.8 Å². The number of carbonyl (C=O) groups is 2. The van der Waals surface area contributed by atoms with Crippen molar-refractivity contribution < 1.29 is 9.59 Å². The molecule has 1 fully saturated rings. The Morgan fingerprint density at radius 3 is 2.58 bits per heavy atom. The molecule has 1 aliphatic carbocycles. The van der Waals surface area contributed by atoms with Crippen molar-refractivity contribution in [2.75, 3.05) is 6.54 Å². The smallest absolute Gasteiger partial charge is 0.315 e. The Bertz CT molecular complexity index is 187. The van der Waals surface area contributed by atoms with Gasteiger partial charge >= 0.3 is 6.03 Å². The maximum Gasteiger partial charge on any atom is 0.315 e. The van der Waals surface area contributed by atoms with Gasteiger partial charge in [-0.25, -0.2) is 4.79 Å². The number of amides is 2. The van der Waals surface area contributed by atoms with Crippen molar-refractivity contribution in [3.05, 3.63) is 0 Å². The van der Waals surface area contributed by atoms with Crippen LogP contribution in [-0.2, 0) is 4.79 Å². The summed E-state index contributed by atoms with van der Waals surface area (Å²) < 4.78 is 0. The molecule has 1 saturated carbocycles. The number of hydrogen-bond donors (Lipinski definition) is 2. The predicted molar refractivity (Wildman–Crippen MR) is 44.9 cm³/mol. The molecule has 1 aliphatic rings. The average Bonchev–Trinajstić information content (AvgIpc) is 2.70. The lowest BCUT2D eigenvalue weighted by Gasteiger charge is -2.04. The van der Waals surface area contributed by atoms with E-state index < -0.39 is 0 Å². The SMILES string of the molecule is CC(=O)CCNC(=O)NC1CC1. The second kappa shape index (κ2) is 4.09. The number of carbonyl (C=O) groups excluding carboxylic acids is 2. The van der Waals surface area contributed by atoms with Gasteiger partial charge in [0.1, 0.15) is 5.78 Å². The first-order valence-electron chi connectivity index (χ1n) is 4.22. The van der Waals surface area contributed by atoms with Crippen molar-refractivity contribution in [2.24, 2.45) is 0 Å². The Morgan fingerprint density at radius 1 is 1.42 bits per heavy atom. The summed E-state index contributed by atoms with van der Waals surface area (Å²) in [6, 6.07) is 0.223. The van der Waals surface area contributed by atoms with Crippen molar-refractivity contribution in [3.63, 3.8) is 0 Å². The molecule has 0 aromatic heterocycles. The second-order valence-corrected chi connectivity index (χ2v) is 3.13. The Morgan fingerprint density at radius 2 is 2.08 bits per heavy atom. The minimum Gasteiger partial charge on any atom is -0.338 e. The molecule has 0 radical (unpaired) electrons. The van der Waals surface area contributed by atoms with Gasteiger partial charge in [0, 0.05) is 19.0 Å². The van der Waals surface area contributed by atoms with Gasteiger partial charge < -0.3 is 10.6 Å². The van der Waals surface area contributed by atoms with E-state index in [1.807, 2.05) is 0 Å². The van der Waals surface area contributed by atoms with Gasteiger partial charge in [-0.3, -0.25) is 4.79 Å². The summed E-state index contributed by atoms with van der Waals surface area (Å²) in [6.45, 7) is 1.95. The normalized spacial score (nSPS) is 15.4. The molecular formula is C8H14N2O2. The van der Waals surface area contributed by atoms with Gasteiger partial charge in [0.25, 0.3) is 0 Å². The Labute approximate surface area is 71.7 Å². The van der Waals surface area contributed by atoms with Crippen LogP contribution in [0.15, 0.2) is 0 Å². The lowest BCUT2D eigenvalue weighted by Crippen LogP contribution is -2.37. The molecule has 0 aromatic carbocycles. The first-order chi connectivity index (χ1) is 5.68. The number of Topliss-reactive ketones (excluding diaryl/α,β-unsaturated/α-hetero) is 1. The van der Waals surface area contributed by atoms with Crippen LogP contribution >= 0.6 is 0 Å². The van der Waals surface area contributed by atoms with Gasteiger partial charge in [0.05, 0.1) is 0 Å². The highest BCUT2D eigenvalue weighted by atomic mass is 16.2. The molecule has 1 rings (SSSR count). The molecule has 68 valence electrons. The molecule has 12 heavy (non-hydrogen) atoms. The number of hydrogen-bond acceptors (Lipinski definition) is 2. The van der Waals surface area contributed by atoms with Gasteiger partial charge in [-0.1, -0.05) is 0 Å².